The lowest BCUT2D eigenvalue weighted by Gasteiger charge is -2.14. The molecule has 9 nitrogen and oxygen atoms in total. The number of hydrogen-bond donors (Lipinski definition) is 2. The molecular weight excluding hydrogens is 475 g/mol. The van der Waals surface area contributed by atoms with Crippen molar-refractivity contribution in [2.24, 2.45) is 0 Å². The van der Waals surface area contributed by atoms with Crippen molar-refractivity contribution in [1.82, 2.24) is 9.97 Å². The van der Waals surface area contributed by atoms with Crippen LogP contribution in [0.3, 0.4) is 0 Å². The Morgan fingerprint density at radius 3 is 2.29 bits per heavy atom. The molecule has 0 fully saturated rings. The van der Waals surface area contributed by atoms with E-state index in [1.165, 1.54) is 31.4 Å². The maximum atomic E-state index is 13.0. The number of aromatic nitrogens is 2. The Morgan fingerprint density at radius 1 is 1.09 bits per heavy atom. The van der Waals surface area contributed by atoms with Crippen LogP contribution in [0.25, 0.3) is 11.3 Å². The van der Waals surface area contributed by atoms with Gasteiger partial charge in [-0.25, -0.2) is 18.4 Å². The monoisotopic (exact) mass is 502 g/mol. The van der Waals surface area contributed by atoms with Gasteiger partial charge >= 0.3 is 0 Å². The molecule has 3 aromatic rings. The molecule has 0 saturated heterocycles. The van der Waals surface area contributed by atoms with Crippen LogP contribution in [0.15, 0.2) is 59.6 Å². The first kappa shape index (κ1) is 25.6. The van der Waals surface area contributed by atoms with Gasteiger partial charge in [-0.15, -0.1) is 0 Å². The first-order chi connectivity index (χ1) is 16.1. The number of nitrogens with zero attached hydrogens (tertiary/aromatic N) is 2. The first-order valence-corrected chi connectivity index (χ1v) is 14.2. The van der Waals surface area contributed by atoms with Gasteiger partial charge in [0.2, 0.25) is 7.37 Å². The fraction of sp³-hybridized carbons (Fsp3) is 0.261. The summed E-state index contributed by atoms with van der Waals surface area (Å²) in [5.74, 6) is -0.196. The predicted molar refractivity (Wildman–Crippen MR) is 133 cm³/mol. The van der Waals surface area contributed by atoms with Crippen molar-refractivity contribution in [3.63, 3.8) is 0 Å². The third-order valence-electron chi connectivity index (χ3n) is 5.22. The number of sulfone groups is 1. The quantitative estimate of drug-likeness (QED) is 0.412. The maximum Gasteiger partial charge on any atom is 0.278 e. The van der Waals surface area contributed by atoms with Crippen LogP contribution in [0.2, 0.25) is 0 Å². The van der Waals surface area contributed by atoms with Crippen LogP contribution in [0.5, 0.6) is 0 Å². The van der Waals surface area contributed by atoms with Crippen LogP contribution in [0, 0.1) is 6.92 Å². The van der Waals surface area contributed by atoms with Crippen LogP contribution in [-0.2, 0) is 18.9 Å². The lowest BCUT2D eigenvalue weighted by atomic mass is 10.1. The Hall–Kier alpha value is -3.07. The van der Waals surface area contributed by atoms with Crippen molar-refractivity contribution >= 4 is 34.6 Å². The summed E-state index contributed by atoms with van der Waals surface area (Å²) >= 11 is 0. The van der Waals surface area contributed by atoms with Gasteiger partial charge in [0.15, 0.2) is 21.3 Å². The Kier molecular flexibility index (Phi) is 7.86. The summed E-state index contributed by atoms with van der Waals surface area (Å²) in [4.78, 5) is 21.7. The fourth-order valence-corrected chi connectivity index (χ4v) is 7.77. The topological polar surface area (TPSA) is 127 Å². The molecule has 34 heavy (non-hydrogen) atoms. The highest BCUT2D eigenvalue weighted by Crippen LogP contribution is 2.47. The van der Waals surface area contributed by atoms with E-state index in [1.807, 2.05) is 31.2 Å². The summed E-state index contributed by atoms with van der Waals surface area (Å²) in [6.07, 6.45) is 1.70. The van der Waals surface area contributed by atoms with Gasteiger partial charge in [-0.1, -0.05) is 36.8 Å². The van der Waals surface area contributed by atoms with Crippen LogP contribution < -0.4 is 10.6 Å². The molecule has 2 aromatic carbocycles. The Labute approximate surface area is 199 Å². The van der Waals surface area contributed by atoms with E-state index in [1.54, 1.807) is 20.2 Å². The Bertz CT molecular complexity index is 1320. The molecule has 0 radical (unpaired) electrons. The van der Waals surface area contributed by atoms with Crippen molar-refractivity contribution in [2.45, 2.75) is 18.7 Å². The third-order valence-corrected chi connectivity index (χ3v) is 10.8. The number of amides is 1. The molecule has 0 saturated carbocycles. The van der Waals surface area contributed by atoms with E-state index in [-0.39, 0.29) is 16.8 Å². The number of benzene rings is 2. The molecule has 1 unspecified atom stereocenters. The third kappa shape index (κ3) is 5.88. The molecule has 1 heterocycles. The number of hydrogen-bond acceptors (Lipinski definition) is 8. The molecule has 180 valence electrons. The molecule has 1 atom stereocenters. The molecule has 1 aromatic heterocycles. The molecule has 3 rings (SSSR count). The largest absolute Gasteiger partial charge is 0.371 e. The summed E-state index contributed by atoms with van der Waals surface area (Å²) in [5, 5.41) is 5.57. The summed E-state index contributed by atoms with van der Waals surface area (Å²) < 4.78 is 42.6. The zero-order valence-corrected chi connectivity index (χ0v) is 21.1. The lowest BCUT2D eigenvalue weighted by Crippen LogP contribution is -2.17. The molecule has 11 heteroatoms. The first-order valence-electron chi connectivity index (χ1n) is 10.5. The Morgan fingerprint density at radius 2 is 1.74 bits per heavy atom. The highest BCUT2D eigenvalue weighted by Gasteiger charge is 2.29. The van der Waals surface area contributed by atoms with E-state index in [0.29, 0.717) is 17.2 Å². The van der Waals surface area contributed by atoms with E-state index in [4.69, 9.17) is 4.52 Å². The van der Waals surface area contributed by atoms with Crippen LogP contribution >= 0.6 is 7.37 Å². The van der Waals surface area contributed by atoms with Crippen molar-refractivity contribution in [3.8, 4) is 11.3 Å². The highest BCUT2D eigenvalue weighted by molar-refractivity contribution is 7.98. The van der Waals surface area contributed by atoms with Gasteiger partial charge in [-0.2, -0.15) is 0 Å². The van der Waals surface area contributed by atoms with Crippen molar-refractivity contribution in [1.29, 1.82) is 0 Å². The van der Waals surface area contributed by atoms with Gasteiger partial charge in [-0.05, 0) is 31.2 Å². The minimum absolute atomic E-state index is 0.00621. The van der Waals surface area contributed by atoms with Crippen LogP contribution in [0.1, 0.15) is 23.0 Å². The average molecular weight is 503 g/mol. The SMILES string of the molecule is CCP(=O)(CS(=O)(=O)c1ccc(NC(=O)c2nc(-c3ccc(C)cc3)cnc2NC)cc1)OC. The van der Waals surface area contributed by atoms with Gasteiger partial charge in [0.25, 0.3) is 5.91 Å². The maximum absolute atomic E-state index is 13.0. The zero-order chi connectivity index (χ0) is 24.9. The Balaban J connectivity index is 1.82. The van der Waals surface area contributed by atoms with Crippen molar-refractivity contribution in [2.75, 3.05) is 36.4 Å². The normalized spacial score (nSPS) is 13.2. The highest BCUT2D eigenvalue weighted by atomic mass is 32.2. The minimum atomic E-state index is -3.82. The van der Waals surface area contributed by atoms with Crippen LogP contribution in [-0.4, -0.2) is 50.1 Å². The van der Waals surface area contributed by atoms with Gasteiger partial charge in [0.05, 0.1) is 16.8 Å². The van der Waals surface area contributed by atoms with E-state index in [0.717, 1.165) is 11.1 Å². The molecular formula is C23H27N4O5PS. The molecule has 0 aliphatic heterocycles. The smallest absolute Gasteiger partial charge is 0.278 e. The number of carbonyl (C=O) groups is 1. The molecule has 1 amide bonds. The molecule has 0 aliphatic rings. The van der Waals surface area contributed by atoms with Gasteiger partial charge in [0, 0.05) is 31.6 Å². The summed E-state index contributed by atoms with van der Waals surface area (Å²) in [6.45, 7) is 3.60. The van der Waals surface area contributed by atoms with E-state index < -0.39 is 28.6 Å². The minimum Gasteiger partial charge on any atom is -0.371 e. The number of nitrogens with one attached hydrogen (secondary N) is 2. The molecule has 0 bridgehead atoms. The predicted octanol–water partition coefficient (Wildman–Crippen LogP) is 4.42. The van der Waals surface area contributed by atoms with E-state index in [2.05, 4.69) is 20.6 Å². The van der Waals surface area contributed by atoms with Crippen LogP contribution in [0.4, 0.5) is 11.5 Å². The fourth-order valence-electron chi connectivity index (χ4n) is 3.14. The van der Waals surface area contributed by atoms with Gasteiger partial charge in [0.1, 0.15) is 5.49 Å². The van der Waals surface area contributed by atoms with Crippen molar-refractivity contribution in [3.05, 3.63) is 66.0 Å². The number of carbonyl (C=O) groups excluding carboxylic acids is 1. The van der Waals surface area contributed by atoms with E-state index in [9.17, 15) is 17.8 Å². The molecule has 0 spiro atoms. The molecule has 2 N–H and O–H groups in total. The number of aryl methyl sites for hydroxylation is 1. The van der Waals surface area contributed by atoms with Gasteiger partial charge < -0.3 is 15.2 Å². The number of anilines is 2. The average Bonchev–Trinajstić information content (AvgIpc) is 2.84. The molecule has 0 aliphatic carbocycles. The van der Waals surface area contributed by atoms with E-state index >= 15 is 0 Å². The standard InChI is InChI=1S/C23H27N4O5PS/c1-5-33(29,32-4)15-34(30,31)19-12-10-18(11-13-19)26-23(28)21-22(24-3)25-14-20(27-21)17-8-6-16(2)7-9-17/h6-14H,5,15H2,1-4H3,(H,24,25)(H,26,28). The second-order valence-electron chi connectivity index (χ2n) is 7.60. The van der Waals surface area contributed by atoms with Crippen molar-refractivity contribution < 1.29 is 22.3 Å². The van der Waals surface area contributed by atoms with Gasteiger partial charge in [-0.3, -0.25) is 9.36 Å². The zero-order valence-electron chi connectivity index (χ0n) is 19.4. The lowest BCUT2D eigenvalue weighted by molar-refractivity contribution is 0.102. The second kappa shape index (κ2) is 10.5. The summed E-state index contributed by atoms with van der Waals surface area (Å²) in [6, 6.07) is 13.3. The summed E-state index contributed by atoms with van der Waals surface area (Å²) in [5.41, 5.74) is 2.37. The second-order valence-corrected chi connectivity index (χ2v) is 13.0. The number of rotatable bonds is 9. The summed E-state index contributed by atoms with van der Waals surface area (Å²) in [7, 11) is -4.20.